The third kappa shape index (κ3) is 4.96. The molecule has 0 aliphatic rings. The number of thiazole rings is 1. The summed E-state index contributed by atoms with van der Waals surface area (Å²) < 4.78 is 4.28. The molecule has 0 fully saturated rings. The van der Waals surface area contributed by atoms with Crippen LogP contribution >= 0.6 is 11.3 Å². The second kappa shape index (κ2) is 8.53. The zero-order valence-corrected chi connectivity index (χ0v) is 15.4. The summed E-state index contributed by atoms with van der Waals surface area (Å²) in [5.74, 6) is 0. The number of imidazole rings is 1. The topological polar surface area (TPSA) is 49.7 Å². The lowest BCUT2D eigenvalue weighted by Crippen LogP contribution is -2.25. The van der Waals surface area contributed by atoms with Crippen molar-refractivity contribution < 1.29 is 4.57 Å². The van der Waals surface area contributed by atoms with Gasteiger partial charge in [-0.15, -0.1) is 21.6 Å². The fourth-order valence-corrected chi connectivity index (χ4v) is 3.10. The fraction of sp³-hybridized carbons (Fsp3) is 0.333. The van der Waals surface area contributed by atoms with Gasteiger partial charge in [-0.1, -0.05) is 0 Å². The molecule has 3 aromatic rings. The standard InChI is InChI=1S/C18H23N6S/c1-3-24(11-4-10-23-13-12-22(2)15-23)17-7-5-16(6-8-17)20-21-18-19-9-14-25-18/h5-9,12-15H,3-4,10-11H2,1-2H3/q+1. The molecule has 0 unspecified atom stereocenters. The van der Waals surface area contributed by atoms with E-state index in [-0.39, 0.29) is 0 Å². The molecule has 2 aromatic heterocycles. The molecule has 1 aromatic carbocycles. The predicted molar refractivity (Wildman–Crippen MR) is 101 cm³/mol. The molecule has 25 heavy (non-hydrogen) atoms. The Kier molecular flexibility index (Phi) is 5.90. The van der Waals surface area contributed by atoms with Gasteiger partial charge in [-0.3, -0.25) is 0 Å². The number of aryl methyl sites for hydroxylation is 2. The highest BCUT2D eigenvalue weighted by atomic mass is 32.1. The van der Waals surface area contributed by atoms with Crippen LogP contribution in [0, 0.1) is 0 Å². The third-order valence-corrected chi connectivity index (χ3v) is 4.59. The molecule has 7 heteroatoms. The zero-order chi connectivity index (χ0) is 17.5. The van der Waals surface area contributed by atoms with Crippen LogP contribution in [0.2, 0.25) is 0 Å². The van der Waals surface area contributed by atoms with E-state index >= 15 is 0 Å². The van der Waals surface area contributed by atoms with Crippen LogP contribution in [0.4, 0.5) is 16.5 Å². The van der Waals surface area contributed by atoms with Crippen molar-refractivity contribution in [2.24, 2.45) is 17.3 Å². The van der Waals surface area contributed by atoms with Crippen LogP contribution < -0.4 is 9.47 Å². The van der Waals surface area contributed by atoms with Gasteiger partial charge in [-0.25, -0.2) is 14.1 Å². The van der Waals surface area contributed by atoms with Crippen LogP contribution in [0.15, 0.2) is 64.8 Å². The minimum absolute atomic E-state index is 0.678. The van der Waals surface area contributed by atoms with Crippen LogP contribution in [0.5, 0.6) is 0 Å². The average Bonchev–Trinajstić information content (AvgIpc) is 3.29. The Labute approximate surface area is 152 Å². The number of hydrogen-bond donors (Lipinski definition) is 0. The van der Waals surface area contributed by atoms with Gasteiger partial charge < -0.3 is 4.90 Å². The van der Waals surface area contributed by atoms with E-state index in [2.05, 4.69) is 67.0 Å². The van der Waals surface area contributed by atoms with E-state index in [4.69, 9.17) is 0 Å². The highest BCUT2D eigenvalue weighted by molar-refractivity contribution is 7.13. The van der Waals surface area contributed by atoms with Crippen molar-refractivity contribution in [2.45, 2.75) is 19.9 Å². The van der Waals surface area contributed by atoms with Crippen molar-refractivity contribution in [1.29, 1.82) is 0 Å². The summed E-state index contributed by atoms with van der Waals surface area (Å²) in [6, 6.07) is 8.22. The SMILES string of the molecule is CCN(CCCn1cc[n+](C)c1)c1ccc(N=Nc2nccs2)cc1. The Hall–Kier alpha value is -2.54. The monoisotopic (exact) mass is 355 g/mol. The molecule has 0 bridgehead atoms. The van der Waals surface area contributed by atoms with Crippen molar-refractivity contribution in [3.05, 3.63) is 54.6 Å². The van der Waals surface area contributed by atoms with Gasteiger partial charge in [-0.2, -0.15) is 0 Å². The van der Waals surface area contributed by atoms with E-state index in [9.17, 15) is 0 Å². The molecule has 0 aliphatic carbocycles. The summed E-state index contributed by atoms with van der Waals surface area (Å²) >= 11 is 1.48. The number of hydrogen-bond acceptors (Lipinski definition) is 5. The molecule has 0 atom stereocenters. The maximum Gasteiger partial charge on any atom is 0.243 e. The minimum Gasteiger partial charge on any atom is -0.372 e. The first-order chi connectivity index (χ1) is 12.2. The highest BCUT2D eigenvalue weighted by Crippen LogP contribution is 2.23. The van der Waals surface area contributed by atoms with Crippen LogP contribution in [0.3, 0.4) is 0 Å². The lowest BCUT2D eigenvalue weighted by atomic mass is 10.2. The van der Waals surface area contributed by atoms with Gasteiger partial charge in [0.1, 0.15) is 12.4 Å². The first-order valence-electron chi connectivity index (χ1n) is 8.42. The summed E-state index contributed by atoms with van der Waals surface area (Å²) in [5, 5.41) is 10.9. The molecule has 0 saturated heterocycles. The highest BCUT2D eigenvalue weighted by Gasteiger charge is 2.06. The molecule has 0 saturated carbocycles. The van der Waals surface area contributed by atoms with Crippen LogP contribution in [0.1, 0.15) is 13.3 Å². The van der Waals surface area contributed by atoms with Gasteiger partial charge in [0.25, 0.3) is 0 Å². The first-order valence-corrected chi connectivity index (χ1v) is 9.30. The number of anilines is 1. The molecule has 0 radical (unpaired) electrons. The lowest BCUT2D eigenvalue weighted by molar-refractivity contribution is -0.671. The second-order valence-corrected chi connectivity index (χ2v) is 6.65. The molecule has 0 N–H and O–H groups in total. The summed E-state index contributed by atoms with van der Waals surface area (Å²) in [5.41, 5.74) is 2.06. The largest absolute Gasteiger partial charge is 0.372 e. The van der Waals surface area contributed by atoms with Crippen molar-refractivity contribution in [1.82, 2.24) is 9.55 Å². The Bertz CT molecular complexity index is 791. The fourth-order valence-electron chi connectivity index (χ4n) is 2.64. The van der Waals surface area contributed by atoms with Crippen molar-refractivity contribution >= 4 is 27.8 Å². The molecule has 130 valence electrons. The summed E-state index contributed by atoms with van der Waals surface area (Å²) in [6.45, 7) is 5.22. The van der Waals surface area contributed by atoms with E-state index in [1.54, 1.807) is 6.20 Å². The molecule has 0 spiro atoms. The molecule has 0 amide bonds. The van der Waals surface area contributed by atoms with Gasteiger partial charge >= 0.3 is 0 Å². The first kappa shape index (κ1) is 17.3. The third-order valence-electron chi connectivity index (χ3n) is 3.93. The molecule has 0 aliphatic heterocycles. The van der Waals surface area contributed by atoms with Gasteiger partial charge in [-0.05, 0) is 31.2 Å². The van der Waals surface area contributed by atoms with Gasteiger partial charge in [0.2, 0.25) is 11.5 Å². The zero-order valence-electron chi connectivity index (χ0n) is 14.6. The number of benzene rings is 1. The van der Waals surface area contributed by atoms with Gasteiger partial charge in [0, 0.05) is 36.8 Å². The van der Waals surface area contributed by atoms with E-state index in [0.717, 1.165) is 31.7 Å². The lowest BCUT2D eigenvalue weighted by Gasteiger charge is -2.22. The van der Waals surface area contributed by atoms with Gasteiger partial charge in [0.15, 0.2) is 0 Å². The number of azo groups is 1. The van der Waals surface area contributed by atoms with Crippen molar-refractivity contribution in [3.63, 3.8) is 0 Å². The van der Waals surface area contributed by atoms with Crippen LogP contribution in [-0.2, 0) is 13.6 Å². The van der Waals surface area contributed by atoms with E-state index in [1.807, 2.05) is 24.6 Å². The minimum atomic E-state index is 0.678. The number of aromatic nitrogens is 3. The maximum absolute atomic E-state index is 4.23. The number of rotatable bonds is 8. The average molecular weight is 355 g/mol. The van der Waals surface area contributed by atoms with Crippen molar-refractivity contribution in [3.8, 4) is 0 Å². The van der Waals surface area contributed by atoms with E-state index in [1.165, 1.54) is 17.0 Å². The number of nitrogens with zero attached hydrogens (tertiary/aromatic N) is 6. The molecule has 2 heterocycles. The van der Waals surface area contributed by atoms with E-state index < -0.39 is 0 Å². The van der Waals surface area contributed by atoms with Crippen LogP contribution in [-0.4, -0.2) is 22.6 Å². The predicted octanol–water partition coefficient (Wildman–Crippen LogP) is 4.10. The van der Waals surface area contributed by atoms with Crippen molar-refractivity contribution in [2.75, 3.05) is 18.0 Å². The molecular formula is C18H23N6S+. The smallest absolute Gasteiger partial charge is 0.243 e. The second-order valence-electron chi connectivity index (χ2n) is 5.78. The Balaban J connectivity index is 1.55. The van der Waals surface area contributed by atoms with E-state index in [0.29, 0.717) is 5.13 Å². The Morgan fingerprint density at radius 2 is 2.08 bits per heavy atom. The molecule has 6 nitrogen and oxygen atoms in total. The van der Waals surface area contributed by atoms with Crippen LogP contribution in [0.25, 0.3) is 0 Å². The quantitative estimate of drug-likeness (QED) is 0.451. The Morgan fingerprint density at radius 1 is 1.24 bits per heavy atom. The molecule has 3 rings (SSSR count). The Morgan fingerprint density at radius 3 is 2.72 bits per heavy atom. The molecular weight excluding hydrogens is 332 g/mol. The summed E-state index contributed by atoms with van der Waals surface area (Å²) in [7, 11) is 2.04. The van der Waals surface area contributed by atoms with Gasteiger partial charge in [0.05, 0.1) is 19.3 Å². The summed E-state index contributed by atoms with van der Waals surface area (Å²) in [4.78, 5) is 6.48. The maximum atomic E-state index is 4.23. The normalized spacial score (nSPS) is 11.3. The summed E-state index contributed by atoms with van der Waals surface area (Å²) in [6.07, 6.45) is 9.12.